The highest BCUT2D eigenvalue weighted by Crippen LogP contribution is 2.43. The zero-order chi connectivity index (χ0) is 7.89. The Kier molecular flexibility index (Phi) is 2.29. The first-order valence-corrected chi connectivity index (χ1v) is 4.63. The molecule has 0 amide bonds. The van der Waals surface area contributed by atoms with Gasteiger partial charge < -0.3 is 0 Å². The summed E-state index contributed by atoms with van der Waals surface area (Å²) in [7, 11) is 0. The highest BCUT2D eigenvalue weighted by molar-refractivity contribution is 6.21. The van der Waals surface area contributed by atoms with Crippen LogP contribution in [0.1, 0.15) is 27.7 Å². The molecule has 0 bridgehead atoms. The van der Waals surface area contributed by atoms with E-state index in [-0.39, 0.29) is 0 Å². The second-order valence-corrected chi connectivity index (χ2v) is 4.38. The summed E-state index contributed by atoms with van der Waals surface area (Å²) < 4.78 is 0. The molecule has 0 nitrogen and oxygen atoms in total. The first-order chi connectivity index (χ1) is 4.55. The molecule has 1 saturated carbocycles. The normalized spacial score (nSPS) is 55.5. The van der Waals surface area contributed by atoms with Crippen molar-refractivity contribution in [3.63, 3.8) is 0 Å². The Hall–Kier alpha value is 0.290. The summed E-state index contributed by atoms with van der Waals surface area (Å²) in [4.78, 5) is 0. The Morgan fingerprint density at radius 3 is 1.10 bits per heavy atom. The first-order valence-electron chi connectivity index (χ1n) is 4.19. The van der Waals surface area contributed by atoms with Crippen LogP contribution in [0.3, 0.4) is 0 Å². The van der Waals surface area contributed by atoms with Crippen molar-refractivity contribution >= 4 is 11.6 Å². The number of hydrogen-bond donors (Lipinski definition) is 0. The number of rotatable bonds is 0. The van der Waals surface area contributed by atoms with E-state index in [4.69, 9.17) is 11.6 Å². The fraction of sp³-hybridized carbons (Fsp3) is 1.00. The van der Waals surface area contributed by atoms with Crippen LogP contribution in [0.4, 0.5) is 0 Å². The Bertz CT molecular complexity index is 77.1. The van der Waals surface area contributed by atoms with Crippen LogP contribution >= 0.6 is 11.6 Å². The van der Waals surface area contributed by atoms with E-state index in [9.17, 15) is 0 Å². The summed E-state index contributed by atoms with van der Waals surface area (Å²) in [6.07, 6.45) is 0. The summed E-state index contributed by atoms with van der Waals surface area (Å²) in [6.45, 7) is 9.16. The minimum absolute atomic E-state index is 0.407. The van der Waals surface area contributed by atoms with E-state index in [1.54, 1.807) is 0 Å². The van der Waals surface area contributed by atoms with Crippen LogP contribution in [0.2, 0.25) is 0 Å². The van der Waals surface area contributed by atoms with E-state index in [0.717, 1.165) is 11.8 Å². The van der Waals surface area contributed by atoms with Crippen molar-refractivity contribution in [3.8, 4) is 0 Å². The van der Waals surface area contributed by atoms with Gasteiger partial charge >= 0.3 is 0 Å². The Labute approximate surface area is 69.0 Å². The lowest BCUT2D eigenvalue weighted by Crippen LogP contribution is -2.11. The van der Waals surface area contributed by atoms with E-state index in [1.165, 1.54) is 0 Å². The van der Waals surface area contributed by atoms with Gasteiger partial charge in [0.1, 0.15) is 0 Å². The summed E-state index contributed by atoms with van der Waals surface area (Å²) in [6, 6.07) is 0. The Morgan fingerprint density at radius 1 is 0.700 bits per heavy atom. The third kappa shape index (κ3) is 1.07. The van der Waals surface area contributed by atoms with Gasteiger partial charge in [-0.25, -0.2) is 0 Å². The maximum atomic E-state index is 6.20. The second kappa shape index (κ2) is 2.73. The van der Waals surface area contributed by atoms with Gasteiger partial charge in [-0.1, -0.05) is 27.7 Å². The van der Waals surface area contributed by atoms with Crippen molar-refractivity contribution in [1.29, 1.82) is 0 Å². The minimum Gasteiger partial charge on any atom is -0.122 e. The number of halogens is 1. The lowest BCUT2D eigenvalue weighted by atomic mass is 9.92. The molecule has 0 heterocycles. The lowest BCUT2D eigenvalue weighted by molar-refractivity contribution is 0.352. The maximum absolute atomic E-state index is 6.20. The summed E-state index contributed by atoms with van der Waals surface area (Å²) >= 11 is 6.20. The van der Waals surface area contributed by atoms with E-state index in [2.05, 4.69) is 27.7 Å². The van der Waals surface area contributed by atoms with E-state index >= 15 is 0 Å². The van der Waals surface area contributed by atoms with Crippen LogP contribution in [0, 0.1) is 23.7 Å². The van der Waals surface area contributed by atoms with Crippen molar-refractivity contribution in [2.45, 2.75) is 33.1 Å². The molecule has 60 valence electrons. The lowest BCUT2D eigenvalue weighted by Gasteiger charge is -2.13. The molecule has 0 aliphatic heterocycles. The molecule has 5 atom stereocenters. The van der Waals surface area contributed by atoms with E-state index in [1.807, 2.05) is 0 Å². The summed E-state index contributed by atoms with van der Waals surface area (Å²) in [5.74, 6) is 3.01. The van der Waals surface area contributed by atoms with Crippen molar-refractivity contribution in [3.05, 3.63) is 0 Å². The highest BCUT2D eigenvalue weighted by Gasteiger charge is 2.39. The van der Waals surface area contributed by atoms with Crippen molar-refractivity contribution < 1.29 is 0 Å². The van der Waals surface area contributed by atoms with Gasteiger partial charge in [-0.05, 0) is 23.7 Å². The molecular formula is C9H17Cl. The minimum atomic E-state index is 0.407. The first kappa shape index (κ1) is 8.39. The van der Waals surface area contributed by atoms with Gasteiger partial charge in [0, 0.05) is 5.38 Å². The van der Waals surface area contributed by atoms with Gasteiger partial charge in [0.2, 0.25) is 0 Å². The zero-order valence-corrected chi connectivity index (χ0v) is 8.02. The SMILES string of the molecule is CC1[C@H](C)C(C)[C@H](Cl)[C@@H]1C. The van der Waals surface area contributed by atoms with Crippen LogP contribution < -0.4 is 0 Å². The van der Waals surface area contributed by atoms with Gasteiger partial charge in [-0.15, -0.1) is 11.6 Å². The Morgan fingerprint density at radius 2 is 1.00 bits per heavy atom. The molecule has 0 radical (unpaired) electrons. The molecule has 0 saturated heterocycles. The molecule has 0 aromatic heterocycles. The van der Waals surface area contributed by atoms with E-state index in [0.29, 0.717) is 17.2 Å². The summed E-state index contributed by atoms with van der Waals surface area (Å²) in [5, 5.41) is 0.407. The van der Waals surface area contributed by atoms with Gasteiger partial charge in [0.15, 0.2) is 0 Å². The Balaban J connectivity index is 2.68. The molecule has 10 heavy (non-hydrogen) atoms. The third-order valence-corrected chi connectivity index (χ3v) is 4.29. The maximum Gasteiger partial charge on any atom is 0.0392 e. The standard InChI is InChI=1S/C9H17Cl/c1-5-6(2)8(4)9(10)7(5)3/h5-9H,1-4H3/t5-,6?,7?,8+,9-/m0/s1. The number of hydrogen-bond acceptors (Lipinski definition) is 0. The second-order valence-electron chi connectivity index (χ2n) is 3.88. The van der Waals surface area contributed by atoms with E-state index < -0.39 is 0 Å². The molecule has 0 N–H and O–H groups in total. The van der Waals surface area contributed by atoms with Crippen molar-refractivity contribution in [1.82, 2.24) is 0 Å². The molecule has 0 aromatic carbocycles. The van der Waals surface area contributed by atoms with Gasteiger partial charge in [0.05, 0.1) is 0 Å². The van der Waals surface area contributed by atoms with Crippen LogP contribution in [0.5, 0.6) is 0 Å². The van der Waals surface area contributed by atoms with Crippen LogP contribution in [-0.2, 0) is 0 Å². The van der Waals surface area contributed by atoms with Gasteiger partial charge in [-0.2, -0.15) is 0 Å². The number of alkyl halides is 1. The topological polar surface area (TPSA) is 0 Å². The van der Waals surface area contributed by atoms with Crippen molar-refractivity contribution in [2.24, 2.45) is 23.7 Å². The average Bonchev–Trinajstić information content (AvgIpc) is 2.07. The average molecular weight is 161 g/mol. The van der Waals surface area contributed by atoms with Crippen molar-refractivity contribution in [2.75, 3.05) is 0 Å². The molecule has 2 unspecified atom stereocenters. The fourth-order valence-electron chi connectivity index (χ4n) is 2.02. The quantitative estimate of drug-likeness (QED) is 0.478. The largest absolute Gasteiger partial charge is 0.122 e. The molecule has 1 heteroatoms. The molecule has 1 rings (SSSR count). The molecule has 1 fully saturated rings. The zero-order valence-electron chi connectivity index (χ0n) is 7.26. The molecular weight excluding hydrogens is 144 g/mol. The third-order valence-electron chi connectivity index (χ3n) is 3.49. The predicted molar refractivity (Wildman–Crippen MR) is 46.3 cm³/mol. The monoisotopic (exact) mass is 160 g/mol. The highest BCUT2D eigenvalue weighted by atomic mass is 35.5. The summed E-state index contributed by atoms with van der Waals surface area (Å²) in [5.41, 5.74) is 0. The van der Waals surface area contributed by atoms with Gasteiger partial charge in [0.25, 0.3) is 0 Å². The van der Waals surface area contributed by atoms with Crippen LogP contribution in [-0.4, -0.2) is 5.38 Å². The van der Waals surface area contributed by atoms with Crippen LogP contribution in [0.25, 0.3) is 0 Å². The smallest absolute Gasteiger partial charge is 0.0392 e. The molecule has 0 spiro atoms. The van der Waals surface area contributed by atoms with Gasteiger partial charge in [-0.3, -0.25) is 0 Å². The van der Waals surface area contributed by atoms with Crippen LogP contribution in [0.15, 0.2) is 0 Å². The fourth-order valence-corrected chi connectivity index (χ4v) is 2.48. The molecule has 0 aromatic rings. The molecule has 1 aliphatic carbocycles. The molecule has 1 aliphatic rings. The predicted octanol–water partition coefficient (Wildman–Crippen LogP) is 3.15.